The zero-order chi connectivity index (χ0) is 33.9. The summed E-state index contributed by atoms with van der Waals surface area (Å²) in [7, 11) is 2.06. The molecule has 0 radical (unpaired) electrons. The number of hydrogen-bond donors (Lipinski definition) is 1. The van der Waals surface area contributed by atoms with Gasteiger partial charge in [-0.2, -0.15) is 0 Å². The van der Waals surface area contributed by atoms with Crippen LogP contribution in [0.2, 0.25) is 0 Å². The Morgan fingerprint density at radius 3 is 2.33 bits per heavy atom. The van der Waals surface area contributed by atoms with Crippen LogP contribution in [0, 0.1) is 0 Å². The first-order chi connectivity index (χ1) is 23.9. The molecular formula is C36H33N5O8. The van der Waals surface area contributed by atoms with Crippen LogP contribution >= 0.6 is 0 Å². The van der Waals surface area contributed by atoms with Gasteiger partial charge in [0, 0.05) is 54.4 Å². The van der Waals surface area contributed by atoms with Crippen molar-refractivity contribution in [2.45, 2.75) is 18.9 Å². The number of benzene rings is 2. The van der Waals surface area contributed by atoms with Gasteiger partial charge >= 0.3 is 0 Å². The minimum Gasteiger partial charge on any atom is -0.491 e. The van der Waals surface area contributed by atoms with E-state index in [4.69, 9.17) is 18.9 Å². The van der Waals surface area contributed by atoms with Crippen LogP contribution in [0.5, 0.6) is 11.6 Å². The molecule has 2 aliphatic rings. The van der Waals surface area contributed by atoms with Crippen molar-refractivity contribution in [3.63, 3.8) is 0 Å². The lowest BCUT2D eigenvalue weighted by Crippen LogP contribution is -2.54. The van der Waals surface area contributed by atoms with E-state index < -0.39 is 29.7 Å². The van der Waals surface area contributed by atoms with E-state index in [1.807, 2.05) is 24.4 Å². The fourth-order valence-electron chi connectivity index (χ4n) is 6.19. The zero-order valence-corrected chi connectivity index (χ0v) is 26.7. The lowest BCUT2D eigenvalue weighted by Gasteiger charge is -2.27. The summed E-state index contributed by atoms with van der Waals surface area (Å²) in [5, 5.41) is 4.47. The maximum atomic E-state index is 13.0. The Labute approximate surface area is 280 Å². The van der Waals surface area contributed by atoms with E-state index in [1.54, 1.807) is 18.5 Å². The smallest absolute Gasteiger partial charge is 0.262 e. The van der Waals surface area contributed by atoms with Crippen LogP contribution in [0.15, 0.2) is 73.2 Å². The maximum absolute atomic E-state index is 13.0. The molecule has 13 nitrogen and oxygen atoms in total. The van der Waals surface area contributed by atoms with Gasteiger partial charge in [-0.25, -0.2) is 4.98 Å². The molecule has 2 aromatic carbocycles. The van der Waals surface area contributed by atoms with Gasteiger partial charge in [0.25, 0.3) is 11.8 Å². The van der Waals surface area contributed by atoms with Gasteiger partial charge in [-0.05, 0) is 53.9 Å². The number of rotatable bonds is 13. The predicted octanol–water partition coefficient (Wildman–Crippen LogP) is 3.68. The van der Waals surface area contributed by atoms with Gasteiger partial charge < -0.3 is 23.5 Å². The highest BCUT2D eigenvalue weighted by Crippen LogP contribution is 2.32. The zero-order valence-electron chi connectivity index (χ0n) is 26.7. The molecule has 3 aromatic heterocycles. The van der Waals surface area contributed by atoms with Crippen molar-refractivity contribution >= 4 is 45.4 Å². The molecular weight excluding hydrogens is 630 g/mol. The third-order valence-corrected chi connectivity index (χ3v) is 8.63. The Morgan fingerprint density at radius 2 is 1.51 bits per heavy atom. The molecule has 0 spiro atoms. The normalized spacial score (nSPS) is 16.0. The molecule has 1 N–H and O–H groups in total. The van der Waals surface area contributed by atoms with Gasteiger partial charge in [-0.1, -0.05) is 12.1 Å². The molecule has 1 unspecified atom stereocenters. The summed E-state index contributed by atoms with van der Waals surface area (Å²) in [6.07, 6.45) is 5.59. The lowest BCUT2D eigenvalue weighted by molar-refractivity contribution is -0.136. The van der Waals surface area contributed by atoms with Gasteiger partial charge in [0.1, 0.15) is 25.0 Å². The largest absolute Gasteiger partial charge is 0.491 e. The van der Waals surface area contributed by atoms with Crippen molar-refractivity contribution in [3.05, 3.63) is 84.3 Å². The van der Waals surface area contributed by atoms with Gasteiger partial charge in [0.15, 0.2) is 0 Å². The highest BCUT2D eigenvalue weighted by molar-refractivity contribution is 6.23. The highest BCUT2D eigenvalue weighted by Gasteiger charge is 2.44. The lowest BCUT2D eigenvalue weighted by atomic mass is 10.0. The van der Waals surface area contributed by atoms with Crippen LogP contribution in [-0.4, -0.2) is 88.7 Å². The number of pyridine rings is 2. The number of carbonyl (C=O) groups is 4. The summed E-state index contributed by atoms with van der Waals surface area (Å²) in [6, 6.07) is 15.8. The Morgan fingerprint density at radius 1 is 0.755 bits per heavy atom. The Kier molecular flexibility index (Phi) is 9.01. The third-order valence-electron chi connectivity index (χ3n) is 8.63. The minimum atomic E-state index is -1.01. The van der Waals surface area contributed by atoms with Crippen molar-refractivity contribution in [3.8, 4) is 22.8 Å². The van der Waals surface area contributed by atoms with Gasteiger partial charge in [-0.15, -0.1) is 0 Å². The summed E-state index contributed by atoms with van der Waals surface area (Å²) in [5.41, 5.74) is 4.68. The van der Waals surface area contributed by atoms with E-state index in [0.29, 0.717) is 38.1 Å². The van der Waals surface area contributed by atoms with Crippen LogP contribution in [0.4, 0.5) is 0 Å². The van der Waals surface area contributed by atoms with Crippen LogP contribution in [-0.2, 0) is 26.1 Å². The summed E-state index contributed by atoms with van der Waals surface area (Å²) in [4.78, 5) is 59.0. The number of ether oxygens (including phenoxy) is 4. The first kappa shape index (κ1) is 31.9. The fraction of sp³-hybridized carbons (Fsp3) is 0.278. The summed E-state index contributed by atoms with van der Waals surface area (Å²) < 4.78 is 24.9. The summed E-state index contributed by atoms with van der Waals surface area (Å²) >= 11 is 0. The van der Waals surface area contributed by atoms with Crippen molar-refractivity contribution < 1.29 is 38.1 Å². The van der Waals surface area contributed by atoms with Gasteiger partial charge in [-0.3, -0.25) is 34.4 Å². The molecule has 0 aliphatic carbocycles. The van der Waals surface area contributed by atoms with Crippen LogP contribution in [0.3, 0.4) is 0 Å². The molecule has 1 atom stereocenters. The van der Waals surface area contributed by atoms with E-state index in [-0.39, 0.29) is 37.2 Å². The molecule has 1 fully saturated rings. The Hall–Kier alpha value is -5.66. The number of aryl methyl sites for hydroxylation is 1. The van der Waals surface area contributed by atoms with Crippen LogP contribution in [0.1, 0.15) is 33.6 Å². The van der Waals surface area contributed by atoms with Crippen LogP contribution in [0.25, 0.3) is 32.9 Å². The SMILES string of the molecule is Cn1c2ccncc2c2ccc(-c3ccnc(OCCOCCOCCOc4ccc5c(c4)C(=O)N(C4CCC(=O)NC4=O)C5=O)c3)cc21. The second-order valence-electron chi connectivity index (χ2n) is 11.6. The quantitative estimate of drug-likeness (QED) is 0.146. The molecule has 4 amide bonds. The molecule has 5 aromatic rings. The van der Waals surface area contributed by atoms with Crippen molar-refractivity contribution in [2.24, 2.45) is 7.05 Å². The number of aromatic nitrogens is 3. The Bertz CT molecular complexity index is 2090. The number of nitrogens with zero attached hydrogens (tertiary/aromatic N) is 4. The van der Waals surface area contributed by atoms with Crippen molar-refractivity contribution in [1.29, 1.82) is 0 Å². The maximum Gasteiger partial charge on any atom is 0.262 e. The second kappa shape index (κ2) is 13.8. The standard InChI is InChI=1S/C36H33N5O8/c1-40-29-9-10-37-21-28(29)25-4-2-22(18-31(25)40)23-8-11-38-33(19-23)49-17-15-47-13-12-46-14-16-48-24-3-5-26-27(20-24)36(45)41(35(26)44)30-6-7-32(42)39-34(30)43/h2-5,8-11,18-21,30H,6-7,12-17H2,1H3,(H,39,42,43). The fourth-order valence-corrected chi connectivity index (χ4v) is 6.19. The molecule has 49 heavy (non-hydrogen) atoms. The van der Waals surface area contributed by atoms with E-state index in [9.17, 15) is 19.2 Å². The first-order valence-corrected chi connectivity index (χ1v) is 15.9. The van der Waals surface area contributed by atoms with Gasteiger partial charge in [0.05, 0.1) is 43.1 Å². The van der Waals surface area contributed by atoms with E-state index >= 15 is 0 Å². The van der Waals surface area contributed by atoms with E-state index in [0.717, 1.165) is 37.8 Å². The van der Waals surface area contributed by atoms with E-state index in [2.05, 4.69) is 45.1 Å². The number of hydrogen-bond acceptors (Lipinski definition) is 10. The molecule has 250 valence electrons. The number of nitrogens with one attached hydrogen (secondary N) is 1. The highest BCUT2D eigenvalue weighted by atomic mass is 16.6. The number of amides is 4. The number of carbonyl (C=O) groups excluding carboxylic acids is 4. The summed E-state index contributed by atoms with van der Waals surface area (Å²) in [6.45, 7) is 1.90. The van der Waals surface area contributed by atoms with Crippen molar-refractivity contribution in [1.82, 2.24) is 24.8 Å². The second-order valence-corrected chi connectivity index (χ2v) is 11.6. The molecule has 5 heterocycles. The minimum absolute atomic E-state index is 0.0627. The molecule has 2 aliphatic heterocycles. The third kappa shape index (κ3) is 6.45. The monoisotopic (exact) mass is 663 g/mol. The van der Waals surface area contributed by atoms with Crippen molar-refractivity contribution in [2.75, 3.05) is 39.6 Å². The molecule has 7 rings (SSSR count). The summed E-state index contributed by atoms with van der Waals surface area (Å²) in [5.74, 6) is -1.31. The van der Waals surface area contributed by atoms with Gasteiger partial charge in [0.2, 0.25) is 17.7 Å². The first-order valence-electron chi connectivity index (χ1n) is 15.9. The number of piperidine rings is 1. The topological polar surface area (TPSA) is 151 Å². The molecule has 1 saturated heterocycles. The number of imide groups is 2. The van der Waals surface area contributed by atoms with E-state index in [1.165, 1.54) is 12.1 Å². The van der Waals surface area contributed by atoms with Crippen LogP contribution < -0.4 is 14.8 Å². The molecule has 0 bridgehead atoms. The average molecular weight is 664 g/mol. The average Bonchev–Trinajstić information content (AvgIpc) is 3.54. The Balaban J connectivity index is 0.812. The number of fused-ring (bicyclic) bond motifs is 4. The predicted molar refractivity (Wildman–Crippen MR) is 177 cm³/mol. The molecule has 13 heteroatoms. The molecule has 0 saturated carbocycles.